The van der Waals surface area contributed by atoms with Crippen LogP contribution < -0.4 is 0 Å². The Morgan fingerprint density at radius 2 is 1.86 bits per heavy atom. The molecule has 0 aliphatic rings. The van der Waals surface area contributed by atoms with E-state index in [4.69, 9.17) is 0 Å². The first-order chi connectivity index (χ1) is 6.31. The zero-order chi connectivity index (χ0) is 11.4. The van der Waals surface area contributed by atoms with E-state index in [1.54, 1.807) is 6.08 Å². The molecule has 0 unspecified atom stereocenters. The van der Waals surface area contributed by atoms with E-state index in [1.165, 1.54) is 7.11 Å². The summed E-state index contributed by atoms with van der Waals surface area (Å²) < 4.78 is 4.53. The molecule has 0 spiro atoms. The number of hydrogen-bond donors (Lipinski definition) is 0. The van der Waals surface area contributed by atoms with Gasteiger partial charge in [0.1, 0.15) is 5.57 Å². The smallest absolute Gasteiger partial charge is 0.341 e. The van der Waals surface area contributed by atoms with Crippen molar-refractivity contribution in [3.63, 3.8) is 0 Å². The van der Waals surface area contributed by atoms with Crippen molar-refractivity contribution >= 4 is 27.7 Å². The highest BCUT2D eigenvalue weighted by Crippen LogP contribution is 2.19. The first-order valence-corrected chi connectivity index (χ1v) is 5.34. The molecule has 0 aromatic rings. The van der Waals surface area contributed by atoms with Gasteiger partial charge in [0.05, 0.1) is 12.4 Å². The average Bonchev–Trinajstić information content (AvgIpc) is 2.10. The molecule has 0 bridgehead atoms. The maximum atomic E-state index is 11.4. The van der Waals surface area contributed by atoms with E-state index in [-0.39, 0.29) is 22.1 Å². The zero-order valence-corrected chi connectivity index (χ0v) is 10.5. The molecule has 4 heteroatoms. The summed E-state index contributed by atoms with van der Waals surface area (Å²) in [5, 5.41) is 0.129. The minimum absolute atomic E-state index is 0.108. The third kappa shape index (κ3) is 4.56. The minimum Gasteiger partial charge on any atom is -0.465 e. The van der Waals surface area contributed by atoms with Crippen LogP contribution in [0.2, 0.25) is 0 Å². The Kier molecular flexibility index (Phi) is 5.05. The largest absolute Gasteiger partial charge is 0.465 e. The number of halogens is 1. The van der Waals surface area contributed by atoms with Gasteiger partial charge in [0.2, 0.25) is 0 Å². The number of ketones is 1. The van der Waals surface area contributed by atoms with E-state index in [1.807, 2.05) is 20.8 Å². The molecule has 0 aliphatic carbocycles. The number of Topliss-reactive ketones (excluding diaryl/α,β-unsaturated/α-hetero) is 1. The molecule has 0 aromatic carbocycles. The number of allylic oxidation sites excluding steroid dienone is 1. The highest BCUT2D eigenvalue weighted by atomic mass is 79.9. The molecule has 0 aliphatic heterocycles. The molecule has 0 aromatic heterocycles. The molecular formula is C10H15BrO3. The topological polar surface area (TPSA) is 43.4 Å². The third-order valence-electron chi connectivity index (χ3n) is 1.40. The second-order valence-corrected chi connectivity index (χ2v) is 4.53. The van der Waals surface area contributed by atoms with Crippen molar-refractivity contribution in [2.45, 2.75) is 20.8 Å². The van der Waals surface area contributed by atoms with Crippen molar-refractivity contribution in [3.8, 4) is 0 Å². The minimum atomic E-state index is -0.579. The van der Waals surface area contributed by atoms with Gasteiger partial charge in [-0.25, -0.2) is 4.79 Å². The van der Waals surface area contributed by atoms with Crippen molar-refractivity contribution in [1.29, 1.82) is 0 Å². The van der Waals surface area contributed by atoms with Crippen molar-refractivity contribution in [1.82, 2.24) is 0 Å². The van der Waals surface area contributed by atoms with Gasteiger partial charge in [0.15, 0.2) is 5.78 Å². The summed E-state index contributed by atoms with van der Waals surface area (Å²) >= 11 is 3.02. The van der Waals surface area contributed by atoms with Crippen LogP contribution in [-0.2, 0) is 14.3 Å². The third-order valence-corrected chi connectivity index (χ3v) is 1.91. The van der Waals surface area contributed by atoms with Crippen LogP contribution in [0.5, 0.6) is 0 Å². The average molecular weight is 263 g/mol. The number of carbonyl (C=O) groups excluding carboxylic acids is 2. The predicted octanol–water partition coefficient (Wildman–Crippen LogP) is 2.10. The van der Waals surface area contributed by atoms with Gasteiger partial charge in [-0.2, -0.15) is 0 Å². The van der Waals surface area contributed by atoms with E-state index < -0.39 is 5.97 Å². The van der Waals surface area contributed by atoms with Gasteiger partial charge in [-0.1, -0.05) is 42.8 Å². The van der Waals surface area contributed by atoms with Gasteiger partial charge in [0.25, 0.3) is 0 Å². The quantitative estimate of drug-likeness (QED) is 0.257. The zero-order valence-electron chi connectivity index (χ0n) is 8.89. The lowest BCUT2D eigenvalue weighted by molar-refractivity contribution is -0.137. The molecule has 0 saturated carbocycles. The lowest BCUT2D eigenvalue weighted by Crippen LogP contribution is -2.18. The highest BCUT2D eigenvalue weighted by Gasteiger charge is 2.20. The summed E-state index contributed by atoms with van der Waals surface area (Å²) in [5.74, 6) is -0.837. The summed E-state index contributed by atoms with van der Waals surface area (Å²) in [6, 6.07) is 0. The second-order valence-electron chi connectivity index (χ2n) is 3.97. The summed E-state index contributed by atoms with van der Waals surface area (Å²) in [6.45, 7) is 5.74. The van der Waals surface area contributed by atoms with Crippen LogP contribution >= 0.6 is 15.9 Å². The summed E-state index contributed by atoms with van der Waals surface area (Å²) in [7, 11) is 1.26. The fourth-order valence-electron chi connectivity index (χ4n) is 0.868. The van der Waals surface area contributed by atoms with E-state index in [0.29, 0.717) is 0 Å². The van der Waals surface area contributed by atoms with E-state index in [2.05, 4.69) is 20.7 Å². The molecule has 0 amide bonds. The number of ether oxygens (including phenoxy) is 1. The number of hydrogen-bond acceptors (Lipinski definition) is 3. The fraction of sp³-hybridized carbons (Fsp3) is 0.600. The first kappa shape index (κ1) is 13.4. The standard InChI is InChI=1S/C10H15BrO3/c1-10(2,3)5-7(8(12)6-11)9(13)14-4/h5H,6H2,1-4H3. The molecule has 0 radical (unpaired) electrons. The molecular weight excluding hydrogens is 248 g/mol. The number of methoxy groups -OCH3 is 1. The Balaban J connectivity index is 5.01. The Hall–Kier alpha value is -0.640. The van der Waals surface area contributed by atoms with Crippen LogP contribution in [0.4, 0.5) is 0 Å². The van der Waals surface area contributed by atoms with Crippen LogP contribution in [-0.4, -0.2) is 24.2 Å². The summed E-state index contributed by atoms with van der Waals surface area (Å²) in [4.78, 5) is 22.6. The van der Waals surface area contributed by atoms with Crippen LogP contribution in [0.15, 0.2) is 11.6 Å². The van der Waals surface area contributed by atoms with Crippen LogP contribution in [0.25, 0.3) is 0 Å². The highest BCUT2D eigenvalue weighted by molar-refractivity contribution is 9.09. The molecule has 0 heterocycles. The van der Waals surface area contributed by atoms with Crippen LogP contribution in [0.1, 0.15) is 20.8 Å². The van der Waals surface area contributed by atoms with Gasteiger partial charge in [0, 0.05) is 0 Å². The first-order valence-electron chi connectivity index (χ1n) is 4.22. The molecule has 0 atom stereocenters. The Morgan fingerprint density at radius 3 is 2.14 bits per heavy atom. The number of esters is 1. The maximum Gasteiger partial charge on any atom is 0.341 e. The molecule has 80 valence electrons. The number of rotatable bonds is 3. The van der Waals surface area contributed by atoms with Gasteiger partial charge in [-0.15, -0.1) is 0 Å². The molecule has 0 fully saturated rings. The van der Waals surface area contributed by atoms with Crippen LogP contribution in [0, 0.1) is 5.41 Å². The van der Waals surface area contributed by atoms with Crippen molar-refractivity contribution in [2.24, 2.45) is 5.41 Å². The Labute approximate surface area is 92.6 Å². The van der Waals surface area contributed by atoms with E-state index >= 15 is 0 Å². The fourth-order valence-corrected chi connectivity index (χ4v) is 1.17. The normalized spacial score (nSPS) is 12.5. The number of alkyl halides is 1. The number of carbonyl (C=O) groups is 2. The molecule has 0 N–H and O–H groups in total. The molecule has 14 heavy (non-hydrogen) atoms. The Morgan fingerprint density at radius 1 is 1.36 bits per heavy atom. The lowest BCUT2D eigenvalue weighted by Gasteiger charge is -2.14. The van der Waals surface area contributed by atoms with Gasteiger partial charge in [-0.3, -0.25) is 4.79 Å². The van der Waals surface area contributed by atoms with Gasteiger partial charge in [-0.05, 0) is 5.41 Å². The van der Waals surface area contributed by atoms with Crippen molar-refractivity contribution in [2.75, 3.05) is 12.4 Å². The van der Waals surface area contributed by atoms with Crippen molar-refractivity contribution < 1.29 is 14.3 Å². The SMILES string of the molecule is COC(=O)C(=CC(C)(C)C)C(=O)CBr. The summed E-state index contributed by atoms with van der Waals surface area (Å²) in [5.41, 5.74) is -0.113. The molecule has 0 saturated heterocycles. The molecule has 0 rings (SSSR count). The van der Waals surface area contributed by atoms with Crippen molar-refractivity contribution in [3.05, 3.63) is 11.6 Å². The van der Waals surface area contributed by atoms with Gasteiger partial charge < -0.3 is 4.74 Å². The monoisotopic (exact) mass is 262 g/mol. The molecule has 3 nitrogen and oxygen atoms in total. The lowest BCUT2D eigenvalue weighted by atomic mass is 9.92. The van der Waals surface area contributed by atoms with Gasteiger partial charge >= 0.3 is 5.97 Å². The summed E-state index contributed by atoms with van der Waals surface area (Å²) in [6.07, 6.45) is 1.63. The van der Waals surface area contributed by atoms with E-state index in [0.717, 1.165) is 0 Å². The predicted molar refractivity (Wildman–Crippen MR) is 58.4 cm³/mol. The van der Waals surface area contributed by atoms with Crippen LogP contribution in [0.3, 0.4) is 0 Å². The second kappa shape index (κ2) is 5.29. The van der Waals surface area contributed by atoms with E-state index in [9.17, 15) is 9.59 Å². The Bertz CT molecular complexity index is 243. The maximum absolute atomic E-state index is 11.4.